The van der Waals surface area contributed by atoms with E-state index in [9.17, 15) is 4.79 Å². The molecule has 1 atom stereocenters. The maximum absolute atomic E-state index is 12.3. The van der Waals surface area contributed by atoms with E-state index in [0.717, 1.165) is 31.9 Å². The minimum absolute atomic E-state index is 0.134. The van der Waals surface area contributed by atoms with Gasteiger partial charge in [0.25, 0.3) is 0 Å². The summed E-state index contributed by atoms with van der Waals surface area (Å²) in [6.45, 7) is 6.33. The maximum Gasteiger partial charge on any atom is 0.329 e. The van der Waals surface area contributed by atoms with Crippen LogP contribution in [-0.2, 0) is 14.3 Å². The maximum atomic E-state index is 12.3. The molecule has 0 aromatic rings. The first-order chi connectivity index (χ1) is 8.73. The molecule has 4 nitrogen and oxygen atoms in total. The molecule has 0 radical (unpaired) electrons. The van der Waals surface area contributed by atoms with E-state index in [2.05, 4.69) is 5.32 Å². The van der Waals surface area contributed by atoms with E-state index in [4.69, 9.17) is 9.47 Å². The Hall–Kier alpha value is -0.610. The Balaban J connectivity index is 1.95. The first kappa shape index (κ1) is 13.8. The van der Waals surface area contributed by atoms with Gasteiger partial charge >= 0.3 is 5.97 Å². The van der Waals surface area contributed by atoms with E-state index in [1.54, 1.807) is 0 Å². The van der Waals surface area contributed by atoms with Crippen molar-refractivity contribution in [2.75, 3.05) is 26.4 Å². The summed E-state index contributed by atoms with van der Waals surface area (Å²) >= 11 is 0. The molecule has 0 aromatic heterocycles. The van der Waals surface area contributed by atoms with Crippen molar-refractivity contribution in [3.8, 4) is 0 Å². The van der Waals surface area contributed by atoms with E-state index in [1.165, 1.54) is 12.8 Å². The second-order valence-electron chi connectivity index (χ2n) is 5.45. The van der Waals surface area contributed by atoms with Crippen molar-refractivity contribution < 1.29 is 14.3 Å². The molecule has 104 valence electrons. The van der Waals surface area contributed by atoms with Gasteiger partial charge in [-0.3, -0.25) is 5.32 Å². The van der Waals surface area contributed by atoms with E-state index >= 15 is 0 Å². The molecule has 2 aliphatic rings. The van der Waals surface area contributed by atoms with E-state index < -0.39 is 5.54 Å². The van der Waals surface area contributed by atoms with E-state index in [1.807, 2.05) is 13.8 Å². The quantitative estimate of drug-likeness (QED) is 0.637. The molecule has 2 saturated carbocycles. The lowest BCUT2D eigenvalue weighted by Crippen LogP contribution is -2.58. The van der Waals surface area contributed by atoms with Gasteiger partial charge in [-0.15, -0.1) is 0 Å². The summed E-state index contributed by atoms with van der Waals surface area (Å²) in [4.78, 5) is 12.3. The molecule has 1 unspecified atom stereocenters. The van der Waals surface area contributed by atoms with Crippen molar-refractivity contribution in [2.45, 2.75) is 45.1 Å². The molecule has 2 rings (SSSR count). The molecule has 0 aliphatic heterocycles. The van der Waals surface area contributed by atoms with E-state index in [-0.39, 0.29) is 5.97 Å². The minimum atomic E-state index is -0.598. The number of rotatable bonds is 9. The molecular weight excluding hydrogens is 230 g/mol. The van der Waals surface area contributed by atoms with Crippen LogP contribution in [0.15, 0.2) is 0 Å². The fraction of sp³-hybridized carbons (Fsp3) is 0.929. The zero-order valence-electron chi connectivity index (χ0n) is 11.5. The average Bonchev–Trinajstić information content (AvgIpc) is 3.20. The molecule has 18 heavy (non-hydrogen) atoms. The minimum Gasteiger partial charge on any atom is -0.465 e. The van der Waals surface area contributed by atoms with Crippen LogP contribution in [0.5, 0.6) is 0 Å². The third-order valence-corrected chi connectivity index (χ3v) is 3.79. The zero-order valence-corrected chi connectivity index (χ0v) is 11.5. The van der Waals surface area contributed by atoms with Gasteiger partial charge in [0.15, 0.2) is 0 Å². The normalized spacial score (nSPS) is 22.6. The fourth-order valence-corrected chi connectivity index (χ4v) is 2.43. The highest BCUT2D eigenvalue weighted by atomic mass is 16.5. The monoisotopic (exact) mass is 255 g/mol. The summed E-state index contributed by atoms with van der Waals surface area (Å²) in [5.74, 6) is 0.978. The Morgan fingerprint density at radius 3 is 2.50 bits per heavy atom. The van der Waals surface area contributed by atoms with Crippen LogP contribution < -0.4 is 5.32 Å². The Labute approximate surface area is 109 Å². The lowest BCUT2D eigenvalue weighted by molar-refractivity contribution is -0.155. The molecule has 4 heteroatoms. The summed E-state index contributed by atoms with van der Waals surface area (Å²) in [5, 5.41) is 3.34. The van der Waals surface area contributed by atoms with Gasteiger partial charge in [0.2, 0.25) is 0 Å². The summed E-state index contributed by atoms with van der Waals surface area (Å²) in [7, 11) is 0. The summed E-state index contributed by atoms with van der Waals surface area (Å²) in [6, 6.07) is 0. The zero-order chi connectivity index (χ0) is 13.0. The highest BCUT2D eigenvalue weighted by Crippen LogP contribution is 2.41. The van der Waals surface area contributed by atoms with Crippen molar-refractivity contribution >= 4 is 5.97 Å². The number of hydrogen-bond donors (Lipinski definition) is 1. The van der Waals surface area contributed by atoms with Crippen molar-refractivity contribution in [3.63, 3.8) is 0 Å². The number of ether oxygens (including phenoxy) is 2. The van der Waals surface area contributed by atoms with Crippen LogP contribution in [-0.4, -0.2) is 37.9 Å². The molecule has 0 heterocycles. The van der Waals surface area contributed by atoms with Gasteiger partial charge in [-0.1, -0.05) is 6.92 Å². The van der Waals surface area contributed by atoms with Gasteiger partial charge in [-0.05, 0) is 51.0 Å². The molecule has 1 N–H and O–H groups in total. The number of carbonyl (C=O) groups excluding carboxylic acids is 1. The van der Waals surface area contributed by atoms with Crippen molar-refractivity contribution in [1.29, 1.82) is 0 Å². The fourth-order valence-electron chi connectivity index (χ4n) is 2.43. The highest BCUT2D eigenvalue weighted by molar-refractivity contribution is 5.82. The standard InChI is InChI=1S/C14H25NO3/c1-3-15-14(12-7-8-12,13(16)18-4-2)10-17-9-11-5-6-11/h11-12,15H,3-10H2,1-2H3. The average molecular weight is 255 g/mol. The molecule has 0 amide bonds. The van der Waals surface area contributed by atoms with Gasteiger partial charge in [-0.2, -0.15) is 0 Å². The topological polar surface area (TPSA) is 47.6 Å². The molecule has 0 bridgehead atoms. The molecule has 0 aromatic carbocycles. The highest BCUT2D eigenvalue weighted by Gasteiger charge is 2.52. The SMILES string of the molecule is CCNC(COCC1CC1)(C(=O)OCC)C1CC1. The molecular formula is C14H25NO3. The third kappa shape index (κ3) is 3.23. The van der Waals surface area contributed by atoms with Crippen molar-refractivity contribution in [1.82, 2.24) is 5.32 Å². The third-order valence-electron chi connectivity index (χ3n) is 3.79. The van der Waals surface area contributed by atoms with Gasteiger partial charge in [0.1, 0.15) is 5.54 Å². The van der Waals surface area contributed by atoms with Gasteiger partial charge in [0.05, 0.1) is 13.2 Å². The van der Waals surface area contributed by atoms with Crippen LogP contribution in [0.3, 0.4) is 0 Å². The Morgan fingerprint density at radius 1 is 1.28 bits per heavy atom. The van der Waals surface area contributed by atoms with Crippen LogP contribution in [0.25, 0.3) is 0 Å². The predicted octanol–water partition coefficient (Wildman–Crippen LogP) is 1.73. The first-order valence-electron chi connectivity index (χ1n) is 7.23. The van der Waals surface area contributed by atoms with Gasteiger partial charge in [0, 0.05) is 6.61 Å². The van der Waals surface area contributed by atoms with Crippen LogP contribution >= 0.6 is 0 Å². The van der Waals surface area contributed by atoms with Crippen LogP contribution in [0.1, 0.15) is 39.5 Å². The Morgan fingerprint density at radius 2 is 2.00 bits per heavy atom. The second-order valence-corrected chi connectivity index (χ2v) is 5.45. The summed E-state index contributed by atoms with van der Waals surface area (Å²) in [5.41, 5.74) is -0.598. The Bertz CT molecular complexity index is 287. The summed E-state index contributed by atoms with van der Waals surface area (Å²) < 4.78 is 11.0. The number of nitrogens with one attached hydrogen (secondary N) is 1. The smallest absolute Gasteiger partial charge is 0.329 e. The first-order valence-corrected chi connectivity index (χ1v) is 7.23. The molecule has 2 aliphatic carbocycles. The lowest BCUT2D eigenvalue weighted by Gasteiger charge is -2.32. The van der Waals surface area contributed by atoms with Gasteiger partial charge < -0.3 is 9.47 Å². The molecule has 2 fully saturated rings. The van der Waals surface area contributed by atoms with Gasteiger partial charge in [-0.25, -0.2) is 4.79 Å². The van der Waals surface area contributed by atoms with Crippen molar-refractivity contribution in [3.05, 3.63) is 0 Å². The number of hydrogen-bond acceptors (Lipinski definition) is 4. The molecule has 0 spiro atoms. The number of likely N-dealkylation sites (N-methyl/N-ethyl adjacent to an activating group) is 1. The van der Waals surface area contributed by atoms with Crippen LogP contribution in [0.4, 0.5) is 0 Å². The van der Waals surface area contributed by atoms with Crippen LogP contribution in [0, 0.1) is 11.8 Å². The Kier molecular flexibility index (Phi) is 4.62. The van der Waals surface area contributed by atoms with E-state index in [0.29, 0.717) is 19.1 Å². The summed E-state index contributed by atoms with van der Waals surface area (Å²) in [6.07, 6.45) is 4.74. The predicted molar refractivity (Wildman–Crippen MR) is 69.3 cm³/mol. The lowest BCUT2D eigenvalue weighted by atomic mass is 9.94. The van der Waals surface area contributed by atoms with Crippen molar-refractivity contribution in [2.24, 2.45) is 11.8 Å². The molecule has 0 saturated heterocycles. The second kappa shape index (κ2) is 6.02. The largest absolute Gasteiger partial charge is 0.465 e. The number of esters is 1. The number of carbonyl (C=O) groups is 1. The van der Waals surface area contributed by atoms with Crippen LogP contribution in [0.2, 0.25) is 0 Å².